The quantitative estimate of drug-likeness (QED) is 0.726. The van der Waals surface area contributed by atoms with Gasteiger partial charge in [0.15, 0.2) is 11.5 Å². The zero-order chi connectivity index (χ0) is 17.8. The van der Waals surface area contributed by atoms with Crippen LogP contribution in [0.25, 0.3) is 11.0 Å². The second-order valence-corrected chi connectivity index (χ2v) is 5.85. The Bertz CT molecular complexity index is 898. The molecule has 0 saturated heterocycles. The third-order valence-corrected chi connectivity index (χ3v) is 4.01. The van der Waals surface area contributed by atoms with Crippen LogP contribution in [0, 0.1) is 6.92 Å². The van der Waals surface area contributed by atoms with E-state index in [1.165, 1.54) is 0 Å². The summed E-state index contributed by atoms with van der Waals surface area (Å²) >= 11 is 0. The molecule has 0 bridgehead atoms. The molecule has 0 radical (unpaired) electrons. The van der Waals surface area contributed by atoms with E-state index in [1.54, 1.807) is 14.2 Å². The Balaban J connectivity index is 1.62. The zero-order valence-electron chi connectivity index (χ0n) is 14.6. The number of anilines is 1. The standard InChI is InChI=1S/C20H21NO4/c1-13-10-15-12-16(6-8-17(15)25-13)21-20(22)9-5-14-4-7-18(23-2)19(11-14)24-3/h4,6-8,10-12H,5,9H2,1-3H3,(H,21,22). The van der Waals surface area contributed by atoms with Gasteiger partial charge in [0.25, 0.3) is 0 Å². The van der Waals surface area contributed by atoms with Crippen LogP contribution in [-0.4, -0.2) is 20.1 Å². The van der Waals surface area contributed by atoms with E-state index >= 15 is 0 Å². The molecule has 3 aromatic rings. The second kappa shape index (κ2) is 7.30. The van der Waals surface area contributed by atoms with Crippen molar-refractivity contribution in [3.8, 4) is 11.5 Å². The van der Waals surface area contributed by atoms with Gasteiger partial charge in [-0.05, 0) is 55.3 Å². The van der Waals surface area contributed by atoms with Crippen molar-refractivity contribution in [2.75, 3.05) is 19.5 Å². The number of ether oxygens (including phenoxy) is 2. The van der Waals surface area contributed by atoms with Gasteiger partial charge in [-0.15, -0.1) is 0 Å². The van der Waals surface area contributed by atoms with Crippen molar-refractivity contribution in [2.24, 2.45) is 0 Å². The molecule has 5 heteroatoms. The molecule has 0 aliphatic carbocycles. The number of carbonyl (C=O) groups is 1. The molecule has 1 N–H and O–H groups in total. The maximum atomic E-state index is 12.2. The van der Waals surface area contributed by atoms with Crippen LogP contribution in [-0.2, 0) is 11.2 Å². The van der Waals surface area contributed by atoms with E-state index in [1.807, 2.05) is 49.4 Å². The van der Waals surface area contributed by atoms with Gasteiger partial charge in [-0.25, -0.2) is 0 Å². The summed E-state index contributed by atoms with van der Waals surface area (Å²) in [4.78, 5) is 12.2. The number of rotatable bonds is 6. The highest BCUT2D eigenvalue weighted by Gasteiger charge is 2.08. The molecule has 0 fully saturated rings. The van der Waals surface area contributed by atoms with Crippen molar-refractivity contribution in [3.63, 3.8) is 0 Å². The Morgan fingerprint density at radius 2 is 1.84 bits per heavy atom. The second-order valence-electron chi connectivity index (χ2n) is 5.85. The van der Waals surface area contributed by atoms with Gasteiger partial charge in [0.2, 0.25) is 5.91 Å². The van der Waals surface area contributed by atoms with Gasteiger partial charge in [0, 0.05) is 17.5 Å². The first-order chi connectivity index (χ1) is 12.1. The van der Waals surface area contributed by atoms with Crippen molar-refractivity contribution in [2.45, 2.75) is 19.8 Å². The van der Waals surface area contributed by atoms with Crippen LogP contribution in [0.2, 0.25) is 0 Å². The molecule has 1 heterocycles. The van der Waals surface area contributed by atoms with Crippen molar-refractivity contribution in [3.05, 3.63) is 53.8 Å². The van der Waals surface area contributed by atoms with Gasteiger partial charge in [0.1, 0.15) is 11.3 Å². The SMILES string of the molecule is COc1ccc(CCC(=O)Nc2ccc3oc(C)cc3c2)cc1OC. The predicted molar refractivity (Wildman–Crippen MR) is 97.4 cm³/mol. The first kappa shape index (κ1) is 16.9. The van der Waals surface area contributed by atoms with E-state index in [4.69, 9.17) is 13.9 Å². The summed E-state index contributed by atoms with van der Waals surface area (Å²) in [6.07, 6.45) is 1.01. The molecule has 0 spiro atoms. The van der Waals surface area contributed by atoms with Gasteiger partial charge < -0.3 is 19.2 Å². The molecule has 2 aromatic carbocycles. The number of nitrogens with one attached hydrogen (secondary N) is 1. The molecule has 0 atom stereocenters. The number of amides is 1. The number of aryl methyl sites for hydroxylation is 2. The Hall–Kier alpha value is -2.95. The molecule has 5 nitrogen and oxygen atoms in total. The van der Waals surface area contributed by atoms with E-state index in [0.717, 1.165) is 28.0 Å². The summed E-state index contributed by atoms with van der Waals surface area (Å²) in [5, 5.41) is 3.91. The van der Waals surface area contributed by atoms with Crippen LogP contribution in [0.15, 0.2) is 46.9 Å². The molecule has 3 rings (SSSR count). The van der Waals surface area contributed by atoms with Gasteiger partial charge in [-0.2, -0.15) is 0 Å². The molecule has 0 aliphatic rings. The Kier molecular flexibility index (Phi) is 4.93. The van der Waals surface area contributed by atoms with Crippen LogP contribution in [0.4, 0.5) is 5.69 Å². The minimum atomic E-state index is -0.0330. The molecular weight excluding hydrogens is 318 g/mol. The molecule has 1 aromatic heterocycles. The fraction of sp³-hybridized carbons (Fsp3) is 0.250. The van der Waals surface area contributed by atoms with Crippen molar-refractivity contribution in [1.29, 1.82) is 0 Å². The average molecular weight is 339 g/mol. The third kappa shape index (κ3) is 3.94. The lowest BCUT2D eigenvalue weighted by molar-refractivity contribution is -0.116. The molecule has 0 aliphatic heterocycles. The van der Waals surface area contributed by atoms with E-state index < -0.39 is 0 Å². The van der Waals surface area contributed by atoms with Gasteiger partial charge in [-0.1, -0.05) is 6.07 Å². The lowest BCUT2D eigenvalue weighted by Crippen LogP contribution is -2.12. The molecule has 0 unspecified atom stereocenters. The molecular formula is C20H21NO4. The Morgan fingerprint density at radius 1 is 1.04 bits per heavy atom. The first-order valence-corrected chi connectivity index (χ1v) is 8.10. The van der Waals surface area contributed by atoms with Crippen molar-refractivity contribution in [1.82, 2.24) is 0 Å². The van der Waals surface area contributed by atoms with E-state index in [9.17, 15) is 4.79 Å². The summed E-state index contributed by atoms with van der Waals surface area (Å²) in [6.45, 7) is 1.90. The highest BCUT2D eigenvalue weighted by molar-refractivity contribution is 5.93. The zero-order valence-corrected chi connectivity index (χ0v) is 14.6. The first-order valence-electron chi connectivity index (χ1n) is 8.10. The van der Waals surface area contributed by atoms with Crippen LogP contribution >= 0.6 is 0 Å². The summed E-state index contributed by atoms with van der Waals surface area (Å²) in [5.41, 5.74) is 2.61. The number of carbonyl (C=O) groups excluding carboxylic acids is 1. The van der Waals surface area contributed by atoms with Crippen LogP contribution in [0.5, 0.6) is 11.5 Å². The van der Waals surface area contributed by atoms with Crippen LogP contribution in [0.1, 0.15) is 17.7 Å². The molecule has 0 saturated carbocycles. The predicted octanol–water partition coefficient (Wildman–Crippen LogP) is 4.33. The lowest BCUT2D eigenvalue weighted by Gasteiger charge is -2.10. The average Bonchev–Trinajstić information content (AvgIpc) is 2.99. The fourth-order valence-electron chi connectivity index (χ4n) is 2.77. The smallest absolute Gasteiger partial charge is 0.224 e. The summed E-state index contributed by atoms with van der Waals surface area (Å²) in [6, 6.07) is 13.3. The number of hydrogen-bond donors (Lipinski definition) is 1. The van der Waals surface area contributed by atoms with E-state index in [0.29, 0.717) is 24.3 Å². The maximum Gasteiger partial charge on any atom is 0.224 e. The number of benzene rings is 2. The normalized spacial score (nSPS) is 10.7. The fourth-order valence-corrected chi connectivity index (χ4v) is 2.77. The Labute approximate surface area is 146 Å². The number of methoxy groups -OCH3 is 2. The van der Waals surface area contributed by atoms with Crippen molar-refractivity contribution < 1.29 is 18.7 Å². The maximum absolute atomic E-state index is 12.2. The van der Waals surface area contributed by atoms with Gasteiger partial charge in [0.05, 0.1) is 14.2 Å². The van der Waals surface area contributed by atoms with Crippen molar-refractivity contribution >= 4 is 22.6 Å². The topological polar surface area (TPSA) is 60.7 Å². The van der Waals surface area contributed by atoms with Gasteiger partial charge >= 0.3 is 0 Å². The highest BCUT2D eigenvalue weighted by atomic mass is 16.5. The highest BCUT2D eigenvalue weighted by Crippen LogP contribution is 2.28. The lowest BCUT2D eigenvalue weighted by atomic mass is 10.1. The third-order valence-electron chi connectivity index (χ3n) is 4.01. The minimum absolute atomic E-state index is 0.0330. The van der Waals surface area contributed by atoms with Crippen LogP contribution in [0.3, 0.4) is 0 Å². The number of fused-ring (bicyclic) bond motifs is 1. The van der Waals surface area contributed by atoms with E-state index in [2.05, 4.69) is 5.32 Å². The summed E-state index contributed by atoms with van der Waals surface area (Å²) < 4.78 is 16.0. The molecule has 130 valence electrons. The monoisotopic (exact) mass is 339 g/mol. The van der Waals surface area contributed by atoms with E-state index in [-0.39, 0.29) is 5.91 Å². The molecule has 25 heavy (non-hydrogen) atoms. The van der Waals surface area contributed by atoms with Crippen LogP contribution < -0.4 is 14.8 Å². The largest absolute Gasteiger partial charge is 0.493 e. The summed E-state index contributed by atoms with van der Waals surface area (Å²) in [7, 11) is 3.20. The number of hydrogen-bond acceptors (Lipinski definition) is 4. The summed E-state index contributed by atoms with van der Waals surface area (Å²) in [5.74, 6) is 2.17. The molecule has 1 amide bonds. The minimum Gasteiger partial charge on any atom is -0.493 e. The van der Waals surface area contributed by atoms with Gasteiger partial charge in [-0.3, -0.25) is 4.79 Å². The number of furan rings is 1. The Morgan fingerprint density at radius 3 is 2.60 bits per heavy atom.